The monoisotopic (exact) mass is 585 g/mol. The molecule has 1 aromatic heterocycles. The van der Waals surface area contributed by atoms with Crippen LogP contribution < -0.4 is 16.0 Å². The van der Waals surface area contributed by atoms with Crippen LogP contribution in [0.4, 0.5) is 11.6 Å². The first-order valence-electron chi connectivity index (χ1n) is 13.7. The number of nitrogens with one attached hydrogen (secondary N) is 1. The minimum absolute atomic E-state index is 0.0370. The Morgan fingerprint density at radius 3 is 2.26 bits per heavy atom. The number of aliphatic hydroxyl groups excluding tert-OH is 2. The highest BCUT2D eigenvalue weighted by Gasteiger charge is 2.64. The van der Waals surface area contributed by atoms with E-state index in [4.69, 9.17) is 5.73 Å². The van der Waals surface area contributed by atoms with Crippen molar-refractivity contribution >= 4 is 40.8 Å². The molecule has 0 aromatic carbocycles. The van der Waals surface area contributed by atoms with Crippen LogP contribution in [0.3, 0.4) is 0 Å². The number of fused-ring (bicyclic) bond motifs is 3. The quantitative estimate of drug-likeness (QED) is 0.261. The SMILES string of the molecule is CN(C)c1nc(NC(=O)CCC(C)(C)C)c(O)c2c1C[C@H]1C[C@H]3[C@H](N(C)C)C(=O)C(C(N)=O)=C(O)[C@@]3(O)C(=O)C1=C2O. The number of aliphatic hydroxyl groups is 3. The molecule has 4 rings (SSSR count). The van der Waals surface area contributed by atoms with Gasteiger partial charge in [0.2, 0.25) is 11.7 Å². The molecular weight excluding hydrogens is 546 g/mol. The predicted molar refractivity (Wildman–Crippen MR) is 154 cm³/mol. The molecule has 1 aromatic rings. The standard InChI is InChI=1S/C29H39N5O8/c1-28(2,3)9-8-15(35)31-26-22(38)17-13(27(32-26)34(6)7)10-12-11-14-19(33(4)5)21(37)18(25(30)41)24(40)29(14,42)23(39)16(12)20(17)36/h12,14,19,36,38,40,42H,8-11H2,1-7H3,(H2,30,41)(H,31,32,35)/t12-,14-,19-,29-/m0/s1. The number of ketones is 2. The summed E-state index contributed by atoms with van der Waals surface area (Å²) >= 11 is 0. The van der Waals surface area contributed by atoms with Crippen LogP contribution in [-0.2, 0) is 25.6 Å². The summed E-state index contributed by atoms with van der Waals surface area (Å²) < 4.78 is 0. The molecule has 0 aliphatic heterocycles. The molecule has 0 unspecified atom stereocenters. The van der Waals surface area contributed by atoms with E-state index in [1.807, 2.05) is 20.8 Å². The number of Topliss-reactive ketones (excluding diaryl/α,β-unsaturated/α-hetero) is 2. The Labute approximate surface area is 243 Å². The fourth-order valence-electron chi connectivity index (χ4n) is 6.32. The van der Waals surface area contributed by atoms with Crippen molar-refractivity contribution in [2.24, 2.45) is 23.0 Å². The lowest BCUT2D eigenvalue weighted by Crippen LogP contribution is -2.65. The first kappa shape index (κ1) is 31.0. The zero-order chi connectivity index (χ0) is 31.6. The van der Waals surface area contributed by atoms with Gasteiger partial charge in [-0.1, -0.05) is 20.8 Å². The number of rotatable bonds is 6. The fraction of sp³-hybridized carbons (Fsp3) is 0.552. The van der Waals surface area contributed by atoms with Crippen LogP contribution in [0, 0.1) is 17.3 Å². The van der Waals surface area contributed by atoms with Gasteiger partial charge >= 0.3 is 0 Å². The van der Waals surface area contributed by atoms with Gasteiger partial charge in [-0.25, -0.2) is 4.98 Å². The van der Waals surface area contributed by atoms with Crippen molar-refractivity contribution in [2.75, 3.05) is 38.4 Å². The van der Waals surface area contributed by atoms with Crippen LogP contribution in [0.1, 0.15) is 51.2 Å². The van der Waals surface area contributed by atoms with Gasteiger partial charge in [0, 0.05) is 37.6 Å². The normalized spacial score (nSPS) is 25.7. The van der Waals surface area contributed by atoms with Gasteiger partial charge in [0.25, 0.3) is 5.91 Å². The third kappa shape index (κ3) is 4.79. The number of aromatic nitrogens is 1. The predicted octanol–water partition coefficient (Wildman–Crippen LogP) is 1.19. The second-order valence-corrected chi connectivity index (χ2v) is 13.0. The number of amides is 2. The van der Waals surface area contributed by atoms with E-state index in [2.05, 4.69) is 10.3 Å². The molecule has 228 valence electrons. The molecule has 2 amide bonds. The second-order valence-electron chi connectivity index (χ2n) is 13.0. The summed E-state index contributed by atoms with van der Waals surface area (Å²) in [6, 6.07) is -1.17. The summed E-state index contributed by atoms with van der Waals surface area (Å²) in [6.07, 6.45) is 0.767. The average Bonchev–Trinajstić information content (AvgIpc) is 2.85. The van der Waals surface area contributed by atoms with Crippen molar-refractivity contribution in [3.63, 3.8) is 0 Å². The van der Waals surface area contributed by atoms with Crippen LogP contribution >= 0.6 is 0 Å². The molecule has 1 fully saturated rings. The van der Waals surface area contributed by atoms with Crippen molar-refractivity contribution in [3.05, 3.63) is 28.0 Å². The van der Waals surface area contributed by atoms with Crippen LogP contribution in [0.25, 0.3) is 5.76 Å². The van der Waals surface area contributed by atoms with Gasteiger partial charge in [-0.2, -0.15) is 0 Å². The number of aromatic hydroxyl groups is 1. The molecule has 1 saturated carbocycles. The van der Waals surface area contributed by atoms with E-state index in [0.717, 1.165) is 0 Å². The number of hydrogen-bond donors (Lipinski definition) is 6. The molecule has 3 aliphatic rings. The van der Waals surface area contributed by atoms with E-state index in [9.17, 15) is 39.6 Å². The van der Waals surface area contributed by atoms with Gasteiger partial charge in [0.1, 0.15) is 22.9 Å². The van der Waals surface area contributed by atoms with E-state index in [-0.39, 0.29) is 41.6 Å². The maximum absolute atomic E-state index is 14.0. The summed E-state index contributed by atoms with van der Waals surface area (Å²) in [7, 11) is 6.47. The topological polar surface area (TPSA) is 207 Å². The van der Waals surface area contributed by atoms with Gasteiger partial charge in [-0.3, -0.25) is 24.1 Å². The van der Waals surface area contributed by atoms with E-state index in [0.29, 0.717) is 17.8 Å². The van der Waals surface area contributed by atoms with Crippen molar-refractivity contribution < 1.29 is 39.6 Å². The molecular formula is C29H39N5O8. The highest BCUT2D eigenvalue weighted by molar-refractivity contribution is 6.24. The molecule has 0 radical (unpaired) electrons. The van der Waals surface area contributed by atoms with E-state index >= 15 is 0 Å². The Kier molecular flexibility index (Phi) is 7.66. The number of primary amides is 1. The Hall–Kier alpha value is -3.97. The van der Waals surface area contributed by atoms with E-state index in [1.165, 1.54) is 19.0 Å². The number of anilines is 2. The van der Waals surface area contributed by atoms with Gasteiger partial charge < -0.3 is 36.4 Å². The van der Waals surface area contributed by atoms with Crippen LogP contribution in [-0.4, -0.2) is 93.5 Å². The third-order valence-electron chi connectivity index (χ3n) is 8.35. The van der Waals surface area contributed by atoms with Crippen molar-refractivity contribution in [1.29, 1.82) is 0 Å². The molecule has 1 heterocycles. The van der Waals surface area contributed by atoms with Gasteiger partial charge in [-0.05, 0) is 44.7 Å². The van der Waals surface area contributed by atoms with Crippen LogP contribution in [0.2, 0.25) is 0 Å². The minimum Gasteiger partial charge on any atom is -0.508 e. The zero-order valence-electron chi connectivity index (χ0n) is 24.9. The summed E-state index contributed by atoms with van der Waals surface area (Å²) in [5.74, 6) is -7.80. The number of carbonyl (C=O) groups excluding carboxylic acids is 4. The maximum Gasteiger partial charge on any atom is 0.255 e. The molecule has 13 nitrogen and oxygen atoms in total. The number of nitrogens with zero attached hydrogens (tertiary/aromatic N) is 3. The Bertz CT molecular complexity index is 1450. The largest absolute Gasteiger partial charge is 0.508 e. The minimum atomic E-state index is -2.73. The number of nitrogens with two attached hydrogens (primary N) is 1. The lowest BCUT2D eigenvalue weighted by Gasteiger charge is -2.50. The molecule has 3 aliphatic carbocycles. The van der Waals surface area contributed by atoms with Crippen molar-refractivity contribution in [2.45, 2.75) is 58.1 Å². The number of pyridine rings is 1. The number of hydrogen-bond acceptors (Lipinski definition) is 11. The summed E-state index contributed by atoms with van der Waals surface area (Å²) in [5.41, 5.74) is 1.62. The highest BCUT2D eigenvalue weighted by Crippen LogP contribution is 2.54. The maximum atomic E-state index is 14.0. The van der Waals surface area contributed by atoms with E-state index in [1.54, 1.807) is 19.0 Å². The molecule has 13 heteroatoms. The lowest BCUT2D eigenvalue weighted by atomic mass is 9.57. The summed E-state index contributed by atoms with van der Waals surface area (Å²) in [5, 5.41) is 48.1. The average molecular weight is 586 g/mol. The molecule has 0 bridgehead atoms. The molecule has 42 heavy (non-hydrogen) atoms. The molecule has 0 saturated heterocycles. The van der Waals surface area contributed by atoms with Crippen LogP contribution in [0.15, 0.2) is 16.9 Å². The number of carbonyl (C=O) groups is 4. The smallest absolute Gasteiger partial charge is 0.255 e. The first-order chi connectivity index (χ1) is 19.3. The van der Waals surface area contributed by atoms with Gasteiger partial charge in [0.05, 0.1) is 11.6 Å². The Balaban J connectivity index is 1.89. The Morgan fingerprint density at radius 1 is 1.12 bits per heavy atom. The second kappa shape index (κ2) is 10.4. The molecule has 7 N–H and O–H groups in total. The van der Waals surface area contributed by atoms with Crippen molar-refractivity contribution in [1.82, 2.24) is 9.88 Å². The fourth-order valence-corrected chi connectivity index (χ4v) is 6.32. The van der Waals surface area contributed by atoms with Crippen LogP contribution in [0.5, 0.6) is 5.75 Å². The molecule has 4 atom stereocenters. The first-order valence-corrected chi connectivity index (χ1v) is 13.7. The summed E-state index contributed by atoms with van der Waals surface area (Å²) in [4.78, 5) is 59.7. The highest BCUT2D eigenvalue weighted by atomic mass is 16.3. The van der Waals surface area contributed by atoms with Gasteiger partial charge in [0.15, 0.2) is 23.0 Å². The number of likely N-dealkylation sites (N-methyl/N-ethyl adjacent to an activating group) is 1. The third-order valence-corrected chi connectivity index (χ3v) is 8.35. The van der Waals surface area contributed by atoms with Gasteiger partial charge in [-0.15, -0.1) is 0 Å². The zero-order valence-corrected chi connectivity index (χ0v) is 24.9. The summed E-state index contributed by atoms with van der Waals surface area (Å²) in [6.45, 7) is 5.96. The van der Waals surface area contributed by atoms with Crippen molar-refractivity contribution in [3.8, 4) is 5.75 Å². The molecule has 0 spiro atoms. The lowest BCUT2D eigenvalue weighted by molar-refractivity contribution is -0.153. The Morgan fingerprint density at radius 2 is 1.74 bits per heavy atom. The van der Waals surface area contributed by atoms with E-state index < -0.39 is 69.7 Å².